The highest BCUT2D eigenvalue weighted by Gasteiger charge is 2.17. The van der Waals surface area contributed by atoms with Crippen LogP contribution < -0.4 is 10.1 Å². The van der Waals surface area contributed by atoms with Crippen LogP contribution in [0.4, 0.5) is 0 Å². The zero-order valence-electron chi connectivity index (χ0n) is 12.4. The zero-order valence-corrected chi connectivity index (χ0v) is 12.4. The second-order valence-electron chi connectivity index (χ2n) is 5.60. The third-order valence-electron chi connectivity index (χ3n) is 4.03. The summed E-state index contributed by atoms with van der Waals surface area (Å²) in [6, 6.07) is 9.36. The normalized spacial score (nSPS) is 22.8. The fourth-order valence-corrected chi connectivity index (χ4v) is 2.77. The Balaban J connectivity index is 1.93. The minimum Gasteiger partial charge on any atom is -0.497 e. The van der Waals surface area contributed by atoms with Gasteiger partial charge in [0.2, 0.25) is 0 Å². The minimum absolute atomic E-state index is 0.378. The Morgan fingerprint density at radius 2 is 2.16 bits per heavy atom. The third kappa shape index (κ3) is 4.22. The fourth-order valence-electron chi connectivity index (χ4n) is 2.77. The molecule has 1 aromatic carbocycles. The summed E-state index contributed by atoms with van der Waals surface area (Å²) in [6.45, 7) is 4.66. The van der Waals surface area contributed by atoms with Crippen molar-refractivity contribution in [3.8, 4) is 5.75 Å². The van der Waals surface area contributed by atoms with Gasteiger partial charge in [0.15, 0.2) is 0 Å². The van der Waals surface area contributed by atoms with Crippen molar-refractivity contribution in [3.63, 3.8) is 0 Å². The van der Waals surface area contributed by atoms with Crippen LogP contribution in [0.5, 0.6) is 5.75 Å². The van der Waals surface area contributed by atoms with Crippen LogP contribution in [0.3, 0.4) is 0 Å². The van der Waals surface area contributed by atoms with Gasteiger partial charge in [-0.2, -0.15) is 0 Å². The van der Waals surface area contributed by atoms with E-state index in [-0.39, 0.29) is 0 Å². The average Bonchev–Trinajstić information content (AvgIpc) is 2.64. The van der Waals surface area contributed by atoms with Gasteiger partial charge in [-0.15, -0.1) is 0 Å². The Morgan fingerprint density at radius 1 is 1.32 bits per heavy atom. The SMILES string of the molecule is COc1cccc([C@@H](C)NC2CCCN(C)CC2)c1. The molecule has 1 unspecified atom stereocenters. The van der Waals surface area contributed by atoms with Crippen LogP contribution >= 0.6 is 0 Å². The molecule has 19 heavy (non-hydrogen) atoms. The number of rotatable bonds is 4. The van der Waals surface area contributed by atoms with Crippen molar-refractivity contribution in [3.05, 3.63) is 29.8 Å². The van der Waals surface area contributed by atoms with Crippen molar-refractivity contribution < 1.29 is 4.74 Å². The number of methoxy groups -OCH3 is 1. The van der Waals surface area contributed by atoms with Gasteiger partial charge in [-0.3, -0.25) is 0 Å². The lowest BCUT2D eigenvalue weighted by atomic mass is 10.0. The predicted octanol–water partition coefficient (Wildman–Crippen LogP) is 2.83. The number of likely N-dealkylation sites (tertiary alicyclic amines) is 1. The van der Waals surface area contributed by atoms with Crippen molar-refractivity contribution in [2.45, 2.75) is 38.3 Å². The largest absolute Gasteiger partial charge is 0.497 e. The van der Waals surface area contributed by atoms with Crippen molar-refractivity contribution in [2.24, 2.45) is 0 Å². The molecule has 3 nitrogen and oxygen atoms in total. The standard InChI is InChI=1S/C16H26N2O/c1-13(14-6-4-8-16(12-14)19-3)17-15-7-5-10-18(2)11-9-15/h4,6,8,12-13,15,17H,5,7,9-11H2,1-3H3/t13-,15?/m1/s1. The van der Waals surface area contributed by atoms with Gasteiger partial charge < -0.3 is 15.0 Å². The molecule has 1 N–H and O–H groups in total. The molecule has 0 radical (unpaired) electrons. The Labute approximate surface area is 116 Å². The van der Waals surface area contributed by atoms with Gasteiger partial charge >= 0.3 is 0 Å². The smallest absolute Gasteiger partial charge is 0.119 e. The lowest BCUT2D eigenvalue weighted by molar-refractivity contribution is 0.340. The summed E-state index contributed by atoms with van der Waals surface area (Å²) in [6.07, 6.45) is 3.81. The number of hydrogen-bond acceptors (Lipinski definition) is 3. The molecule has 3 heteroatoms. The van der Waals surface area contributed by atoms with E-state index in [2.05, 4.69) is 42.4 Å². The van der Waals surface area contributed by atoms with Crippen LogP contribution in [0.1, 0.15) is 37.8 Å². The number of nitrogens with zero attached hydrogens (tertiary/aromatic N) is 1. The van der Waals surface area contributed by atoms with Crippen molar-refractivity contribution in [1.29, 1.82) is 0 Å². The average molecular weight is 262 g/mol. The topological polar surface area (TPSA) is 24.5 Å². The van der Waals surface area contributed by atoms with E-state index in [1.54, 1.807) is 7.11 Å². The van der Waals surface area contributed by atoms with E-state index < -0.39 is 0 Å². The summed E-state index contributed by atoms with van der Waals surface area (Å²) in [4.78, 5) is 2.43. The van der Waals surface area contributed by atoms with Crippen molar-refractivity contribution >= 4 is 0 Å². The molecule has 1 aliphatic heterocycles. The Morgan fingerprint density at radius 3 is 2.95 bits per heavy atom. The maximum absolute atomic E-state index is 5.29. The summed E-state index contributed by atoms with van der Waals surface area (Å²) in [5.74, 6) is 0.937. The maximum Gasteiger partial charge on any atom is 0.119 e. The molecular weight excluding hydrogens is 236 g/mol. The highest BCUT2D eigenvalue weighted by Crippen LogP contribution is 2.21. The maximum atomic E-state index is 5.29. The predicted molar refractivity (Wildman–Crippen MR) is 79.7 cm³/mol. The first-order valence-electron chi connectivity index (χ1n) is 7.27. The van der Waals surface area contributed by atoms with Crippen molar-refractivity contribution in [1.82, 2.24) is 10.2 Å². The van der Waals surface area contributed by atoms with E-state index in [1.807, 2.05) is 6.07 Å². The summed E-state index contributed by atoms with van der Waals surface area (Å²) in [5.41, 5.74) is 1.30. The molecule has 1 aliphatic rings. The van der Waals surface area contributed by atoms with E-state index in [4.69, 9.17) is 4.74 Å². The quantitative estimate of drug-likeness (QED) is 0.903. The summed E-state index contributed by atoms with van der Waals surface area (Å²) in [7, 11) is 3.94. The molecule has 1 aromatic rings. The molecule has 0 amide bonds. The van der Waals surface area contributed by atoms with E-state index in [9.17, 15) is 0 Å². The van der Waals surface area contributed by atoms with Crippen LogP contribution in [-0.2, 0) is 0 Å². The first kappa shape index (κ1) is 14.4. The highest BCUT2D eigenvalue weighted by molar-refractivity contribution is 5.30. The fraction of sp³-hybridized carbons (Fsp3) is 0.625. The number of benzene rings is 1. The van der Waals surface area contributed by atoms with Gasteiger partial charge in [0.25, 0.3) is 0 Å². The molecule has 0 saturated carbocycles. The molecule has 0 aromatic heterocycles. The first-order valence-corrected chi connectivity index (χ1v) is 7.27. The summed E-state index contributed by atoms with van der Waals surface area (Å²) in [5, 5.41) is 3.76. The Bertz CT molecular complexity index is 394. The van der Waals surface area contributed by atoms with E-state index >= 15 is 0 Å². The van der Waals surface area contributed by atoms with Crippen molar-refractivity contribution in [2.75, 3.05) is 27.2 Å². The lowest BCUT2D eigenvalue weighted by Crippen LogP contribution is -2.32. The summed E-state index contributed by atoms with van der Waals surface area (Å²) >= 11 is 0. The molecule has 1 heterocycles. The lowest BCUT2D eigenvalue weighted by Gasteiger charge is -2.22. The van der Waals surface area contributed by atoms with Gasteiger partial charge in [-0.1, -0.05) is 12.1 Å². The second kappa shape index (κ2) is 6.92. The number of ether oxygens (including phenoxy) is 1. The van der Waals surface area contributed by atoms with Gasteiger partial charge in [-0.05, 0) is 64.0 Å². The molecule has 0 bridgehead atoms. The van der Waals surface area contributed by atoms with E-state index in [0.29, 0.717) is 12.1 Å². The van der Waals surface area contributed by atoms with Gasteiger partial charge in [0.1, 0.15) is 5.75 Å². The van der Waals surface area contributed by atoms with Gasteiger partial charge in [0, 0.05) is 12.1 Å². The molecule has 106 valence electrons. The molecule has 1 fully saturated rings. The van der Waals surface area contributed by atoms with Gasteiger partial charge in [0.05, 0.1) is 7.11 Å². The Hall–Kier alpha value is -1.06. The van der Waals surface area contributed by atoms with Crippen LogP contribution in [-0.4, -0.2) is 38.2 Å². The van der Waals surface area contributed by atoms with Crippen LogP contribution in [0.2, 0.25) is 0 Å². The second-order valence-corrected chi connectivity index (χ2v) is 5.60. The van der Waals surface area contributed by atoms with Crippen LogP contribution in [0, 0.1) is 0 Å². The van der Waals surface area contributed by atoms with Gasteiger partial charge in [-0.25, -0.2) is 0 Å². The summed E-state index contributed by atoms with van der Waals surface area (Å²) < 4.78 is 5.29. The molecule has 0 spiro atoms. The molecule has 2 atom stereocenters. The number of hydrogen-bond donors (Lipinski definition) is 1. The number of nitrogens with one attached hydrogen (secondary N) is 1. The van der Waals surface area contributed by atoms with Crippen LogP contribution in [0.25, 0.3) is 0 Å². The van der Waals surface area contributed by atoms with E-state index in [0.717, 1.165) is 5.75 Å². The molecular formula is C16H26N2O. The van der Waals surface area contributed by atoms with Crippen LogP contribution in [0.15, 0.2) is 24.3 Å². The monoisotopic (exact) mass is 262 g/mol. The first-order chi connectivity index (χ1) is 9.19. The highest BCUT2D eigenvalue weighted by atomic mass is 16.5. The minimum atomic E-state index is 0.378. The van der Waals surface area contributed by atoms with E-state index in [1.165, 1.54) is 37.9 Å². The zero-order chi connectivity index (χ0) is 13.7. The molecule has 0 aliphatic carbocycles. The third-order valence-corrected chi connectivity index (χ3v) is 4.03. The molecule has 1 saturated heterocycles. The Kier molecular flexibility index (Phi) is 5.23. The molecule has 2 rings (SSSR count).